The number of aromatic nitrogens is 2. The molecule has 1 unspecified atom stereocenters. The minimum Gasteiger partial charge on any atom is -0.387 e. The molecule has 2 aromatic heterocycles. The number of aliphatic hydroxyl groups is 1. The summed E-state index contributed by atoms with van der Waals surface area (Å²) < 4.78 is 16.1. The zero-order chi connectivity index (χ0) is 22.4. The Morgan fingerprint density at radius 3 is 2.59 bits per heavy atom. The number of pyridine rings is 1. The van der Waals surface area contributed by atoms with Crippen LogP contribution in [0.15, 0.2) is 54.6 Å². The van der Waals surface area contributed by atoms with Crippen molar-refractivity contribution in [1.82, 2.24) is 9.55 Å². The molecule has 0 saturated heterocycles. The van der Waals surface area contributed by atoms with E-state index in [1.165, 1.54) is 22.8 Å². The number of halogens is 1. The Hall–Kier alpha value is -3.18. The molecule has 0 amide bonds. The van der Waals surface area contributed by atoms with Crippen molar-refractivity contribution in [1.29, 1.82) is 0 Å². The van der Waals surface area contributed by atoms with Gasteiger partial charge in [-0.25, -0.2) is 9.37 Å². The Bertz CT molecular complexity index is 1310. The number of rotatable bonds is 4. The van der Waals surface area contributed by atoms with Gasteiger partial charge in [-0.2, -0.15) is 0 Å². The number of nitrogens with zero attached hydrogens (tertiary/aromatic N) is 3. The van der Waals surface area contributed by atoms with E-state index in [1.54, 1.807) is 19.1 Å². The summed E-state index contributed by atoms with van der Waals surface area (Å²) in [5, 5.41) is 11.5. The van der Waals surface area contributed by atoms with Gasteiger partial charge in [-0.05, 0) is 67.6 Å². The average Bonchev–Trinajstić information content (AvgIpc) is 3.03. The highest BCUT2D eigenvalue weighted by atomic mass is 19.1. The van der Waals surface area contributed by atoms with Gasteiger partial charge in [0.15, 0.2) is 5.82 Å². The zero-order valence-corrected chi connectivity index (χ0v) is 18.8. The molecule has 0 aliphatic carbocycles. The van der Waals surface area contributed by atoms with Gasteiger partial charge in [0, 0.05) is 30.7 Å². The van der Waals surface area contributed by atoms with Crippen molar-refractivity contribution in [2.45, 2.75) is 46.4 Å². The highest BCUT2D eigenvalue weighted by molar-refractivity contribution is 5.94. The molecule has 1 aliphatic rings. The molecule has 0 fully saturated rings. The Balaban J connectivity index is 1.69. The quantitative estimate of drug-likeness (QED) is 0.469. The summed E-state index contributed by atoms with van der Waals surface area (Å²) in [5.74, 6) is 0.663. The summed E-state index contributed by atoms with van der Waals surface area (Å²) >= 11 is 0. The molecule has 5 heteroatoms. The molecule has 32 heavy (non-hydrogen) atoms. The third-order valence-corrected chi connectivity index (χ3v) is 6.70. The molecule has 5 rings (SSSR count). The monoisotopic (exact) mass is 429 g/mol. The molecule has 3 heterocycles. The van der Waals surface area contributed by atoms with Crippen LogP contribution in [-0.4, -0.2) is 21.2 Å². The van der Waals surface area contributed by atoms with Gasteiger partial charge in [0.1, 0.15) is 5.82 Å². The molecular weight excluding hydrogens is 401 g/mol. The van der Waals surface area contributed by atoms with Crippen LogP contribution in [0.2, 0.25) is 0 Å². The molecule has 1 atom stereocenters. The lowest BCUT2D eigenvalue weighted by Gasteiger charge is -2.31. The van der Waals surface area contributed by atoms with Gasteiger partial charge in [-0.1, -0.05) is 36.4 Å². The normalized spacial score (nSPS) is 14.6. The van der Waals surface area contributed by atoms with Crippen molar-refractivity contribution in [2.75, 3.05) is 11.4 Å². The van der Waals surface area contributed by atoms with E-state index in [0.29, 0.717) is 12.2 Å². The average molecular weight is 430 g/mol. The lowest BCUT2D eigenvalue weighted by Crippen LogP contribution is -2.31. The number of fused-ring (bicyclic) bond motifs is 2. The molecule has 0 radical (unpaired) electrons. The predicted molar refractivity (Wildman–Crippen MR) is 127 cm³/mol. The molecule has 4 aromatic rings. The van der Waals surface area contributed by atoms with E-state index >= 15 is 0 Å². The summed E-state index contributed by atoms with van der Waals surface area (Å²) in [6, 6.07) is 17.3. The van der Waals surface area contributed by atoms with Gasteiger partial charge in [0.25, 0.3) is 0 Å². The summed E-state index contributed by atoms with van der Waals surface area (Å²) in [5.41, 5.74) is 7.64. The topological polar surface area (TPSA) is 41.3 Å². The fraction of sp³-hybridized carbons (Fsp3) is 0.296. The van der Waals surface area contributed by atoms with E-state index < -0.39 is 6.10 Å². The summed E-state index contributed by atoms with van der Waals surface area (Å²) in [6.07, 6.45) is 0.308. The third-order valence-electron chi connectivity index (χ3n) is 6.70. The second kappa shape index (κ2) is 8.06. The van der Waals surface area contributed by atoms with Crippen LogP contribution in [0.1, 0.15) is 46.7 Å². The first-order chi connectivity index (χ1) is 15.4. The van der Waals surface area contributed by atoms with Gasteiger partial charge in [-0.15, -0.1) is 0 Å². The molecule has 0 bridgehead atoms. The van der Waals surface area contributed by atoms with Crippen molar-refractivity contribution in [3.05, 3.63) is 94.1 Å². The molecule has 2 aromatic carbocycles. The van der Waals surface area contributed by atoms with E-state index in [1.807, 2.05) is 12.1 Å². The number of benzene rings is 2. The molecule has 0 spiro atoms. The van der Waals surface area contributed by atoms with Crippen LogP contribution in [0, 0.1) is 19.7 Å². The second-order valence-electron chi connectivity index (χ2n) is 8.81. The number of hydrogen-bond donors (Lipinski definition) is 1. The van der Waals surface area contributed by atoms with Crippen molar-refractivity contribution < 1.29 is 9.50 Å². The summed E-state index contributed by atoms with van der Waals surface area (Å²) in [6.45, 7) is 8.19. The maximum Gasteiger partial charge on any atom is 0.153 e. The Morgan fingerprint density at radius 1 is 1.06 bits per heavy atom. The zero-order valence-electron chi connectivity index (χ0n) is 18.8. The summed E-state index contributed by atoms with van der Waals surface area (Å²) in [4.78, 5) is 7.27. The third kappa shape index (κ3) is 3.56. The van der Waals surface area contributed by atoms with Crippen molar-refractivity contribution in [3.63, 3.8) is 0 Å². The van der Waals surface area contributed by atoms with Crippen LogP contribution in [-0.2, 0) is 19.5 Å². The largest absolute Gasteiger partial charge is 0.387 e. The van der Waals surface area contributed by atoms with Gasteiger partial charge in [0.05, 0.1) is 17.3 Å². The van der Waals surface area contributed by atoms with Gasteiger partial charge in [0.2, 0.25) is 0 Å². The highest BCUT2D eigenvalue weighted by Gasteiger charge is 2.25. The fourth-order valence-corrected chi connectivity index (χ4v) is 4.79. The van der Waals surface area contributed by atoms with Gasteiger partial charge in [-0.3, -0.25) is 0 Å². The second-order valence-corrected chi connectivity index (χ2v) is 8.81. The van der Waals surface area contributed by atoms with Crippen molar-refractivity contribution >= 4 is 16.7 Å². The SMILES string of the molecule is Cc1c(C)n(Cc2cccc(F)c2)c2c(N3CCc4ccccc4C3)nc(C(C)O)cc12. The molecule has 4 nitrogen and oxygen atoms in total. The maximum absolute atomic E-state index is 13.9. The van der Waals surface area contributed by atoms with Gasteiger partial charge >= 0.3 is 0 Å². The van der Waals surface area contributed by atoms with Crippen LogP contribution < -0.4 is 4.90 Å². The van der Waals surface area contributed by atoms with Crippen LogP contribution in [0.5, 0.6) is 0 Å². The Kier molecular flexibility index (Phi) is 5.22. The van der Waals surface area contributed by atoms with Crippen LogP contribution in [0.4, 0.5) is 10.2 Å². The lowest BCUT2D eigenvalue weighted by atomic mass is 9.99. The standard InChI is InChI=1S/C27H28FN3O/c1-17-18(2)31(15-20-7-6-10-23(28)13-20)26-24(17)14-25(19(3)32)29-27(26)30-12-11-21-8-4-5-9-22(21)16-30/h4-10,13-14,19,32H,11-12,15-16H2,1-3H3. The number of aryl methyl sites for hydroxylation is 1. The van der Waals surface area contributed by atoms with Crippen LogP contribution in [0.25, 0.3) is 10.9 Å². The van der Waals surface area contributed by atoms with Gasteiger partial charge < -0.3 is 14.6 Å². The van der Waals surface area contributed by atoms with E-state index in [4.69, 9.17) is 4.98 Å². The van der Waals surface area contributed by atoms with E-state index in [2.05, 4.69) is 47.6 Å². The molecular formula is C27H28FN3O. The highest BCUT2D eigenvalue weighted by Crippen LogP contribution is 2.36. The molecule has 1 aliphatic heterocycles. The predicted octanol–water partition coefficient (Wildman–Crippen LogP) is 5.46. The fourth-order valence-electron chi connectivity index (χ4n) is 4.79. The van der Waals surface area contributed by atoms with E-state index in [9.17, 15) is 9.50 Å². The Morgan fingerprint density at radius 2 is 1.84 bits per heavy atom. The molecule has 0 saturated carbocycles. The Labute approximate surface area is 187 Å². The van der Waals surface area contributed by atoms with Crippen LogP contribution >= 0.6 is 0 Å². The molecule has 164 valence electrons. The minimum atomic E-state index is -0.651. The first kappa shape index (κ1) is 20.7. The van der Waals surface area contributed by atoms with E-state index in [-0.39, 0.29) is 5.82 Å². The minimum absolute atomic E-state index is 0.226. The number of anilines is 1. The molecule has 1 N–H and O–H groups in total. The smallest absolute Gasteiger partial charge is 0.153 e. The maximum atomic E-state index is 13.9. The summed E-state index contributed by atoms with van der Waals surface area (Å²) in [7, 11) is 0. The number of hydrogen-bond acceptors (Lipinski definition) is 3. The van der Waals surface area contributed by atoms with Crippen LogP contribution in [0.3, 0.4) is 0 Å². The number of aliphatic hydroxyl groups excluding tert-OH is 1. The first-order valence-corrected chi connectivity index (χ1v) is 11.2. The van der Waals surface area contributed by atoms with Crippen molar-refractivity contribution in [3.8, 4) is 0 Å². The lowest BCUT2D eigenvalue weighted by molar-refractivity contribution is 0.194. The first-order valence-electron chi connectivity index (χ1n) is 11.2. The van der Waals surface area contributed by atoms with Crippen molar-refractivity contribution in [2.24, 2.45) is 0 Å². The van der Waals surface area contributed by atoms with E-state index in [0.717, 1.165) is 47.5 Å².